The molecule has 5 rings (SSSR count). The Bertz CT molecular complexity index is 1090. The molecule has 0 atom stereocenters. The first kappa shape index (κ1) is 18.7. The molecule has 0 radical (unpaired) electrons. The first-order valence-electron chi connectivity index (χ1n) is 9.99. The zero-order valence-electron chi connectivity index (χ0n) is 16.3. The largest absolute Gasteiger partial charge is 0.337 e. The number of piperazine rings is 1. The van der Waals surface area contributed by atoms with Crippen molar-refractivity contribution in [1.29, 1.82) is 0 Å². The molecule has 1 amide bonds. The van der Waals surface area contributed by atoms with Crippen LogP contribution in [0.2, 0.25) is 0 Å². The lowest BCUT2D eigenvalue weighted by Gasteiger charge is -2.34. The average Bonchev–Trinajstić information content (AvgIpc) is 3.39. The van der Waals surface area contributed by atoms with Crippen LogP contribution in [0.5, 0.6) is 0 Å². The fourth-order valence-electron chi connectivity index (χ4n) is 4.15. The summed E-state index contributed by atoms with van der Waals surface area (Å²) in [6.07, 6.45) is 5.84. The maximum atomic E-state index is 13.7. The molecular weight excluding hydrogens is 390 g/mol. The van der Waals surface area contributed by atoms with E-state index in [1.807, 2.05) is 4.90 Å². The fraction of sp³-hybridized carbons (Fsp3) is 0.333. The van der Waals surface area contributed by atoms with Crippen LogP contribution in [-0.4, -0.2) is 56.7 Å². The summed E-state index contributed by atoms with van der Waals surface area (Å²) in [6, 6.07) is 5.46. The van der Waals surface area contributed by atoms with Crippen molar-refractivity contribution >= 4 is 11.9 Å². The number of carbonyl (C=O) groups is 1. The van der Waals surface area contributed by atoms with Crippen molar-refractivity contribution in [3.63, 3.8) is 0 Å². The molecule has 1 aliphatic carbocycles. The van der Waals surface area contributed by atoms with E-state index in [0.717, 1.165) is 42.7 Å². The molecule has 2 aliphatic rings. The van der Waals surface area contributed by atoms with Gasteiger partial charge in [-0.3, -0.25) is 4.79 Å². The van der Waals surface area contributed by atoms with E-state index >= 15 is 0 Å². The van der Waals surface area contributed by atoms with Crippen LogP contribution in [-0.2, 0) is 12.8 Å². The second-order valence-corrected chi connectivity index (χ2v) is 7.47. The summed E-state index contributed by atoms with van der Waals surface area (Å²) in [6.45, 7) is 2.37. The molecule has 9 heteroatoms. The van der Waals surface area contributed by atoms with Gasteiger partial charge in [0.1, 0.15) is 0 Å². The van der Waals surface area contributed by atoms with Crippen molar-refractivity contribution in [3.05, 3.63) is 65.2 Å². The number of carbonyl (C=O) groups excluding carboxylic acids is 1. The molecule has 30 heavy (non-hydrogen) atoms. The highest BCUT2D eigenvalue weighted by molar-refractivity contribution is 5.94. The van der Waals surface area contributed by atoms with E-state index in [1.165, 1.54) is 6.07 Å². The lowest BCUT2D eigenvalue weighted by molar-refractivity contribution is 0.0738. The molecule has 0 spiro atoms. The van der Waals surface area contributed by atoms with Crippen LogP contribution >= 0.6 is 0 Å². The topological polar surface area (TPSA) is 67.2 Å². The summed E-state index contributed by atoms with van der Waals surface area (Å²) in [7, 11) is 0. The van der Waals surface area contributed by atoms with Crippen LogP contribution in [0.1, 0.15) is 28.2 Å². The van der Waals surface area contributed by atoms with E-state index in [0.29, 0.717) is 43.5 Å². The van der Waals surface area contributed by atoms with E-state index in [-0.39, 0.29) is 5.91 Å². The third-order valence-electron chi connectivity index (χ3n) is 5.68. The summed E-state index contributed by atoms with van der Waals surface area (Å²) in [4.78, 5) is 25.6. The second kappa shape index (κ2) is 7.47. The highest BCUT2D eigenvalue weighted by Gasteiger charge is 2.31. The molecule has 0 unspecified atom stereocenters. The molecule has 1 fully saturated rings. The Kier molecular flexibility index (Phi) is 4.65. The van der Waals surface area contributed by atoms with Crippen LogP contribution in [0.3, 0.4) is 0 Å². The number of halogens is 2. The maximum Gasteiger partial charge on any atom is 0.274 e. The van der Waals surface area contributed by atoms with Crippen LogP contribution < -0.4 is 4.90 Å². The van der Waals surface area contributed by atoms with Gasteiger partial charge in [0.15, 0.2) is 17.3 Å². The molecule has 1 aromatic carbocycles. The molecule has 1 saturated heterocycles. The number of hydrogen-bond acceptors (Lipinski definition) is 5. The number of hydrogen-bond donors (Lipinski definition) is 0. The van der Waals surface area contributed by atoms with Crippen molar-refractivity contribution in [2.45, 2.75) is 19.3 Å². The minimum atomic E-state index is -0.929. The minimum Gasteiger partial charge on any atom is -0.337 e. The highest BCUT2D eigenvalue weighted by Crippen LogP contribution is 2.29. The molecule has 0 saturated carbocycles. The fourth-order valence-corrected chi connectivity index (χ4v) is 4.15. The van der Waals surface area contributed by atoms with Gasteiger partial charge < -0.3 is 9.80 Å². The number of rotatable bonds is 3. The van der Waals surface area contributed by atoms with Crippen molar-refractivity contribution in [1.82, 2.24) is 24.6 Å². The number of anilines is 1. The SMILES string of the molecule is O=C(c1nn(-c2ccc(F)c(F)c2)c2c1CCC2)N1CCN(c2ncccn2)CC1. The van der Waals surface area contributed by atoms with Gasteiger partial charge in [0.25, 0.3) is 5.91 Å². The molecule has 1 aliphatic heterocycles. The summed E-state index contributed by atoms with van der Waals surface area (Å²) in [5.74, 6) is -1.29. The summed E-state index contributed by atoms with van der Waals surface area (Å²) in [5.41, 5.74) is 2.66. The van der Waals surface area contributed by atoms with Gasteiger partial charge in [0.05, 0.1) is 5.69 Å². The molecular formula is C21H20F2N6O. The monoisotopic (exact) mass is 410 g/mol. The number of amides is 1. The number of nitrogens with zero attached hydrogens (tertiary/aromatic N) is 6. The van der Waals surface area contributed by atoms with Gasteiger partial charge in [-0.05, 0) is 37.5 Å². The minimum absolute atomic E-state index is 0.122. The van der Waals surface area contributed by atoms with Gasteiger partial charge >= 0.3 is 0 Å². The molecule has 7 nitrogen and oxygen atoms in total. The zero-order valence-corrected chi connectivity index (χ0v) is 16.3. The quantitative estimate of drug-likeness (QED) is 0.663. The van der Waals surface area contributed by atoms with Gasteiger partial charge in [-0.1, -0.05) is 0 Å². The third-order valence-corrected chi connectivity index (χ3v) is 5.68. The Balaban J connectivity index is 1.38. The Morgan fingerprint density at radius 3 is 2.47 bits per heavy atom. The average molecular weight is 410 g/mol. The van der Waals surface area contributed by atoms with Crippen LogP contribution in [0.15, 0.2) is 36.7 Å². The van der Waals surface area contributed by atoms with Gasteiger partial charge in [-0.2, -0.15) is 5.10 Å². The van der Waals surface area contributed by atoms with Crippen molar-refractivity contribution in [3.8, 4) is 5.69 Å². The smallest absolute Gasteiger partial charge is 0.274 e. The van der Waals surface area contributed by atoms with Crippen LogP contribution in [0, 0.1) is 11.6 Å². The van der Waals surface area contributed by atoms with Crippen LogP contribution in [0.4, 0.5) is 14.7 Å². The molecule has 154 valence electrons. The number of benzene rings is 1. The maximum absolute atomic E-state index is 13.7. The first-order valence-corrected chi connectivity index (χ1v) is 9.99. The van der Waals surface area contributed by atoms with Gasteiger partial charge in [0.2, 0.25) is 5.95 Å². The number of aromatic nitrogens is 4. The summed E-state index contributed by atoms with van der Waals surface area (Å²) >= 11 is 0. The van der Waals surface area contributed by atoms with Crippen LogP contribution in [0.25, 0.3) is 5.69 Å². The van der Waals surface area contributed by atoms with Crippen molar-refractivity contribution in [2.75, 3.05) is 31.1 Å². The van der Waals surface area contributed by atoms with E-state index in [9.17, 15) is 13.6 Å². The van der Waals surface area contributed by atoms with Gasteiger partial charge in [-0.25, -0.2) is 23.4 Å². The zero-order chi connectivity index (χ0) is 20.7. The Labute approximate surface area is 172 Å². The van der Waals surface area contributed by atoms with E-state index in [2.05, 4.69) is 15.1 Å². The molecule has 3 aromatic rings. The van der Waals surface area contributed by atoms with E-state index < -0.39 is 11.6 Å². The lowest BCUT2D eigenvalue weighted by Crippen LogP contribution is -2.49. The Morgan fingerprint density at radius 2 is 1.73 bits per heavy atom. The lowest BCUT2D eigenvalue weighted by atomic mass is 10.1. The summed E-state index contributed by atoms with van der Waals surface area (Å²) < 4.78 is 28.7. The van der Waals surface area contributed by atoms with Crippen molar-refractivity contribution < 1.29 is 13.6 Å². The predicted octanol–water partition coefficient (Wildman–Crippen LogP) is 2.39. The predicted molar refractivity (Wildman–Crippen MR) is 106 cm³/mol. The summed E-state index contributed by atoms with van der Waals surface area (Å²) in [5, 5.41) is 4.52. The van der Waals surface area contributed by atoms with Gasteiger partial charge in [0, 0.05) is 55.9 Å². The second-order valence-electron chi connectivity index (χ2n) is 7.47. The number of fused-ring (bicyclic) bond motifs is 1. The highest BCUT2D eigenvalue weighted by atomic mass is 19.2. The van der Waals surface area contributed by atoms with E-state index in [4.69, 9.17) is 0 Å². The molecule has 0 N–H and O–H groups in total. The first-order chi connectivity index (χ1) is 14.6. The normalized spacial score (nSPS) is 16.1. The molecule has 0 bridgehead atoms. The molecule has 2 aromatic heterocycles. The van der Waals surface area contributed by atoms with Crippen molar-refractivity contribution in [2.24, 2.45) is 0 Å². The molecule has 3 heterocycles. The Hall–Kier alpha value is -3.36. The van der Waals surface area contributed by atoms with Gasteiger partial charge in [-0.15, -0.1) is 0 Å². The van der Waals surface area contributed by atoms with E-state index in [1.54, 1.807) is 28.0 Å². The third kappa shape index (κ3) is 3.20. The standard InChI is InChI=1S/C21H20F2N6O/c22-16-6-5-14(13-17(16)23)29-18-4-1-3-15(18)19(26-29)20(30)27-9-11-28(12-10-27)21-24-7-2-8-25-21/h2,5-8,13H,1,3-4,9-12H2. The Morgan fingerprint density at radius 1 is 0.967 bits per heavy atom.